The van der Waals surface area contributed by atoms with Gasteiger partial charge in [-0.1, -0.05) is 22.8 Å². The van der Waals surface area contributed by atoms with E-state index in [0.29, 0.717) is 30.5 Å². The Morgan fingerprint density at radius 1 is 1.67 bits per heavy atom. The molecule has 1 aromatic rings. The number of azide groups is 1. The predicted octanol–water partition coefficient (Wildman–Crippen LogP) is 2.71. The Kier molecular flexibility index (Phi) is 3.69. The minimum absolute atomic E-state index is 0.0134. The number of nitrogens with zero attached hydrogens (tertiary/aromatic N) is 5. The maximum atomic E-state index is 11.9. The van der Waals surface area contributed by atoms with Crippen molar-refractivity contribution in [1.29, 1.82) is 0 Å². The smallest absolute Gasteiger partial charge is 0.228 e. The SMILES string of the molecule is Cc1ccc(N2CC(CN=[N+]=[N-])CC2=O)nc1Cl. The lowest BCUT2D eigenvalue weighted by Crippen LogP contribution is -2.25. The Labute approximate surface area is 109 Å². The van der Waals surface area contributed by atoms with E-state index in [4.69, 9.17) is 17.1 Å². The molecule has 1 aliphatic rings. The maximum Gasteiger partial charge on any atom is 0.228 e. The second-order valence-electron chi connectivity index (χ2n) is 4.27. The van der Waals surface area contributed by atoms with Crippen LogP contribution in [-0.4, -0.2) is 24.0 Å². The van der Waals surface area contributed by atoms with E-state index in [-0.39, 0.29) is 11.8 Å². The van der Waals surface area contributed by atoms with Gasteiger partial charge in [0.05, 0.1) is 0 Å². The average Bonchev–Trinajstić information content (AvgIpc) is 2.71. The lowest BCUT2D eigenvalue weighted by atomic mass is 10.1. The molecule has 1 amide bonds. The van der Waals surface area contributed by atoms with Crippen LogP contribution >= 0.6 is 11.6 Å². The van der Waals surface area contributed by atoms with E-state index in [1.165, 1.54) is 0 Å². The molecule has 1 atom stereocenters. The van der Waals surface area contributed by atoms with Crippen LogP contribution in [-0.2, 0) is 4.79 Å². The van der Waals surface area contributed by atoms with Crippen LogP contribution in [0.2, 0.25) is 5.15 Å². The molecule has 0 saturated carbocycles. The normalized spacial score (nSPS) is 18.9. The van der Waals surface area contributed by atoms with Gasteiger partial charge in [0.15, 0.2) is 0 Å². The third kappa shape index (κ3) is 2.55. The molecule has 0 N–H and O–H groups in total. The highest BCUT2D eigenvalue weighted by molar-refractivity contribution is 6.30. The van der Waals surface area contributed by atoms with Crippen molar-refractivity contribution in [1.82, 2.24) is 4.98 Å². The van der Waals surface area contributed by atoms with Crippen molar-refractivity contribution in [2.45, 2.75) is 13.3 Å². The second kappa shape index (κ2) is 5.25. The molecule has 1 fully saturated rings. The van der Waals surface area contributed by atoms with Crippen LogP contribution in [0.1, 0.15) is 12.0 Å². The molecule has 0 radical (unpaired) electrons. The number of hydrogen-bond acceptors (Lipinski definition) is 3. The van der Waals surface area contributed by atoms with Gasteiger partial charge in [-0.25, -0.2) is 4.98 Å². The molecule has 0 aliphatic carbocycles. The Morgan fingerprint density at radius 2 is 2.44 bits per heavy atom. The minimum atomic E-state index is -0.0134. The summed E-state index contributed by atoms with van der Waals surface area (Å²) in [6.45, 7) is 2.71. The van der Waals surface area contributed by atoms with Gasteiger partial charge < -0.3 is 0 Å². The maximum absolute atomic E-state index is 11.9. The summed E-state index contributed by atoms with van der Waals surface area (Å²) in [5, 5.41) is 3.90. The third-order valence-corrected chi connectivity index (χ3v) is 3.29. The summed E-state index contributed by atoms with van der Waals surface area (Å²) in [7, 11) is 0. The topological polar surface area (TPSA) is 82.0 Å². The van der Waals surface area contributed by atoms with Gasteiger partial charge in [-0.2, -0.15) is 0 Å². The van der Waals surface area contributed by atoms with E-state index in [9.17, 15) is 4.79 Å². The van der Waals surface area contributed by atoms with Gasteiger partial charge in [0.1, 0.15) is 11.0 Å². The van der Waals surface area contributed by atoms with Crippen LogP contribution in [0.25, 0.3) is 10.4 Å². The Hall–Kier alpha value is -1.78. The molecule has 0 bridgehead atoms. The number of carbonyl (C=O) groups excluding carboxylic acids is 1. The van der Waals surface area contributed by atoms with Gasteiger partial charge >= 0.3 is 0 Å². The monoisotopic (exact) mass is 265 g/mol. The van der Waals surface area contributed by atoms with Gasteiger partial charge in [0.25, 0.3) is 0 Å². The molecule has 2 heterocycles. The molecule has 1 aliphatic heterocycles. The van der Waals surface area contributed by atoms with Crippen LogP contribution in [0, 0.1) is 12.8 Å². The molecule has 0 aromatic carbocycles. The Morgan fingerprint density at radius 3 is 3.11 bits per heavy atom. The first-order chi connectivity index (χ1) is 8.61. The fraction of sp³-hybridized carbons (Fsp3) is 0.455. The zero-order valence-corrected chi connectivity index (χ0v) is 10.6. The number of pyridine rings is 1. The summed E-state index contributed by atoms with van der Waals surface area (Å²) in [5.41, 5.74) is 9.15. The third-order valence-electron chi connectivity index (χ3n) is 2.91. The standard InChI is InChI=1S/C11H12ClN5O/c1-7-2-3-9(15-11(7)12)17-6-8(4-10(17)18)5-14-16-13/h2-3,8H,4-6H2,1H3. The molecule has 1 unspecified atom stereocenters. The summed E-state index contributed by atoms with van der Waals surface area (Å²) in [6.07, 6.45) is 0.381. The second-order valence-corrected chi connectivity index (χ2v) is 4.62. The highest BCUT2D eigenvalue weighted by Gasteiger charge is 2.30. The first-order valence-corrected chi connectivity index (χ1v) is 5.94. The molecule has 2 rings (SSSR count). The molecule has 18 heavy (non-hydrogen) atoms. The lowest BCUT2D eigenvalue weighted by molar-refractivity contribution is -0.117. The van der Waals surface area contributed by atoms with Gasteiger partial charge in [-0.15, -0.1) is 0 Å². The number of carbonyl (C=O) groups is 1. The zero-order valence-electron chi connectivity index (χ0n) is 9.88. The summed E-state index contributed by atoms with van der Waals surface area (Å²) in [6, 6.07) is 3.60. The molecule has 6 nitrogen and oxygen atoms in total. The van der Waals surface area contributed by atoms with E-state index in [0.717, 1.165) is 5.56 Å². The van der Waals surface area contributed by atoms with Crippen molar-refractivity contribution in [3.8, 4) is 0 Å². The van der Waals surface area contributed by atoms with Crippen LogP contribution in [0.3, 0.4) is 0 Å². The van der Waals surface area contributed by atoms with Crippen LogP contribution < -0.4 is 4.90 Å². The van der Waals surface area contributed by atoms with Crippen molar-refractivity contribution >= 4 is 23.3 Å². The van der Waals surface area contributed by atoms with Gasteiger partial charge in [0, 0.05) is 24.4 Å². The summed E-state index contributed by atoms with van der Waals surface area (Å²) < 4.78 is 0. The summed E-state index contributed by atoms with van der Waals surface area (Å²) >= 11 is 5.94. The lowest BCUT2D eigenvalue weighted by Gasteiger charge is -2.15. The number of halogens is 1. The van der Waals surface area contributed by atoms with Gasteiger partial charge in [-0.05, 0) is 30.0 Å². The number of rotatable bonds is 3. The minimum Gasteiger partial charge on any atom is -0.296 e. The first kappa shape index (κ1) is 12.7. The van der Waals surface area contributed by atoms with E-state index in [1.807, 2.05) is 13.0 Å². The molecule has 94 valence electrons. The first-order valence-electron chi connectivity index (χ1n) is 5.56. The number of aryl methyl sites for hydroxylation is 1. The van der Waals surface area contributed by atoms with Crippen molar-refractivity contribution in [3.05, 3.63) is 33.3 Å². The molecular weight excluding hydrogens is 254 g/mol. The van der Waals surface area contributed by atoms with Gasteiger partial charge in [0.2, 0.25) is 5.91 Å². The fourth-order valence-electron chi connectivity index (χ4n) is 1.92. The largest absolute Gasteiger partial charge is 0.296 e. The summed E-state index contributed by atoms with van der Waals surface area (Å²) in [5.74, 6) is 0.592. The predicted molar refractivity (Wildman–Crippen MR) is 68.5 cm³/mol. The van der Waals surface area contributed by atoms with Crippen LogP contribution in [0.4, 0.5) is 5.82 Å². The van der Waals surface area contributed by atoms with Gasteiger partial charge in [-0.3, -0.25) is 9.69 Å². The highest BCUT2D eigenvalue weighted by atomic mass is 35.5. The van der Waals surface area contributed by atoms with Crippen molar-refractivity contribution in [2.24, 2.45) is 11.0 Å². The number of hydrogen-bond donors (Lipinski definition) is 0. The molecule has 1 saturated heterocycles. The zero-order chi connectivity index (χ0) is 13.1. The Bertz CT molecular complexity index is 526. The number of anilines is 1. The van der Waals surface area contributed by atoms with E-state index >= 15 is 0 Å². The van der Waals surface area contributed by atoms with Crippen LogP contribution in [0.5, 0.6) is 0 Å². The van der Waals surface area contributed by atoms with E-state index < -0.39 is 0 Å². The van der Waals surface area contributed by atoms with Crippen molar-refractivity contribution in [2.75, 3.05) is 18.0 Å². The molecule has 7 heteroatoms. The van der Waals surface area contributed by atoms with Crippen molar-refractivity contribution in [3.63, 3.8) is 0 Å². The van der Waals surface area contributed by atoms with Crippen LogP contribution in [0.15, 0.2) is 17.2 Å². The van der Waals surface area contributed by atoms with Crippen molar-refractivity contribution < 1.29 is 4.79 Å². The van der Waals surface area contributed by atoms with E-state index in [1.54, 1.807) is 11.0 Å². The highest BCUT2D eigenvalue weighted by Crippen LogP contribution is 2.25. The molecular formula is C11H12ClN5O. The molecule has 1 aromatic heterocycles. The Balaban J connectivity index is 2.16. The molecule has 0 spiro atoms. The fourth-order valence-corrected chi connectivity index (χ4v) is 2.07. The van der Waals surface area contributed by atoms with E-state index in [2.05, 4.69) is 15.0 Å². The average molecular weight is 266 g/mol. The quantitative estimate of drug-likeness (QED) is 0.364. The summed E-state index contributed by atoms with van der Waals surface area (Å²) in [4.78, 5) is 20.3. The number of amides is 1. The number of aromatic nitrogens is 1.